The lowest BCUT2D eigenvalue weighted by molar-refractivity contribution is 0.0654. The molecular formula is C16H25FN2O3. The highest BCUT2D eigenvalue weighted by Crippen LogP contribution is 2.27. The van der Waals surface area contributed by atoms with Crippen LogP contribution in [0, 0.1) is 5.82 Å². The molecule has 6 heteroatoms. The Morgan fingerprint density at radius 2 is 2.32 bits per heavy atom. The lowest BCUT2D eigenvalue weighted by Gasteiger charge is -2.35. The topological polar surface area (TPSA) is 61.8 Å². The van der Waals surface area contributed by atoms with Gasteiger partial charge in [0.15, 0.2) is 0 Å². The quantitative estimate of drug-likeness (QED) is 0.650. The Labute approximate surface area is 132 Å². The second-order valence-electron chi connectivity index (χ2n) is 5.98. The average molecular weight is 312 g/mol. The molecule has 3 rings (SSSR count). The number of benzene rings is 1. The standard InChI is InChI=1S/C16H21FN2O3.2H2/c17-15-8-12(16(20)18-21)7-11-4-5-19(9-14(11)15)13-3-1-2-6-22-10-13;;/h7-8,13,21H,1-6,9-10H2,(H,18,20);2*1H. The zero-order valence-corrected chi connectivity index (χ0v) is 12.5. The van der Waals surface area contributed by atoms with Crippen LogP contribution >= 0.6 is 0 Å². The van der Waals surface area contributed by atoms with Gasteiger partial charge >= 0.3 is 0 Å². The van der Waals surface area contributed by atoms with Crippen LogP contribution in [0.5, 0.6) is 0 Å². The second-order valence-corrected chi connectivity index (χ2v) is 5.98. The van der Waals surface area contributed by atoms with E-state index in [1.807, 2.05) is 0 Å². The van der Waals surface area contributed by atoms with Crippen molar-refractivity contribution in [2.75, 3.05) is 19.8 Å². The number of nitrogens with zero attached hydrogens (tertiary/aromatic N) is 1. The molecule has 1 aromatic rings. The van der Waals surface area contributed by atoms with Gasteiger partial charge in [0.1, 0.15) is 5.82 Å². The van der Waals surface area contributed by atoms with E-state index in [0.717, 1.165) is 38.0 Å². The van der Waals surface area contributed by atoms with Crippen molar-refractivity contribution < 1.29 is 22.0 Å². The van der Waals surface area contributed by atoms with E-state index in [0.29, 0.717) is 31.2 Å². The van der Waals surface area contributed by atoms with Gasteiger partial charge in [-0.15, -0.1) is 0 Å². The molecule has 22 heavy (non-hydrogen) atoms. The van der Waals surface area contributed by atoms with E-state index in [2.05, 4.69) is 4.90 Å². The van der Waals surface area contributed by atoms with Crippen LogP contribution in [0.3, 0.4) is 0 Å². The first-order valence-corrected chi connectivity index (χ1v) is 7.76. The molecular weight excluding hydrogens is 287 g/mol. The molecule has 5 nitrogen and oxygen atoms in total. The van der Waals surface area contributed by atoms with Gasteiger partial charge in [-0.1, -0.05) is 0 Å². The largest absolute Gasteiger partial charge is 0.380 e. The average Bonchev–Trinajstić information content (AvgIpc) is 2.83. The molecule has 2 heterocycles. The number of rotatable bonds is 2. The number of ether oxygens (including phenoxy) is 1. The molecule has 1 saturated heterocycles. The van der Waals surface area contributed by atoms with E-state index in [1.54, 1.807) is 11.5 Å². The molecule has 0 bridgehead atoms. The number of carbonyl (C=O) groups is 1. The molecule has 1 amide bonds. The summed E-state index contributed by atoms with van der Waals surface area (Å²) in [5.41, 5.74) is 3.22. The molecule has 2 aliphatic heterocycles. The fourth-order valence-corrected chi connectivity index (χ4v) is 3.32. The van der Waals surface area contributed by atoms with Crippen LogP contribution in [-0.4, -0.2) is 41.8 Å². The van der Waals surface area contributed by atoms with E-state index < -0.39 is 5.91 Å². The van der Waals surface area contributed by atoms with Crippen molar-refractivity contribution in [3.8, 4) is 0 Å². The molecule has 0 radical (unpaired) electrons. The maximum atomic E-state index is 14.3. The highest BCUT2D eigenvalue weighted by atomic mass is 19.1. The summed E-state index contributed by atoms with van der Waals surface area (Å²) in [5.74, 6) is -1.06. The number of fused-ring (bicyclic) bond motifs is 1. The van der Waals surface area contributed by atoms with Crippen molar-refractivity contribution in [2.24, 2.45) is 0 Å². The van der Waals surface area contributed by atoms with Gasteiger partial charge in [0.25, 0.3) is 5.91 Å². The zero-order valence-electron chi connectivity index (χ0n) is 12.5. The smallest absolute Gasteiger partial charge is 0.274 e. The molecule has 0 spiro atoms. The Kier molecular flexibility index (Phi) is 4.71. The number of amides is 1. The lowest BCUT2D eigenvalue weighted by atomic mass is 9.94. The minimum atomic E-state index is -0.679. The summed E-state index contributed by atoms with van der Waals surface area (Å²) < 4.78 is 20.0. The van der Waals surface area contributed by atoms with Gasteiger partial charge in [0.05, 0.1) is 6.61 Å². The Hall–Kier alpha value is -1.50. The summed E-state index contributed by atoms with van der Waals surface area (Å²) in [4.78, 5) is 13.7. The number of nitrogens with one attached hydrogen (secondary N) is 1. The lowest BCUT2D eigenvalue weighted by Crippen LogP contribution is -2.42. The predicted molar refractivity (Wildman–Crippen MR) is 82.5 cm³/mol. The van der Waals surface area contributed by atoms with E-state index in [9.17, 15) is 9.18 Å². The fourth-order valence-electron chi connectivity index (χ4n) is 3.32. The SMILES string of the molecule is O=C(NO)c1cc(F)c2c(c1)CCN(C1CCCCOC1)C2.[HH].[HH]. The Bertz CT molecular complexity index is 566. The van der Waals surface area contributed by atoms with Gasteiger partial charge in [-0.05, 0) is 43.4 Å². The van der Waals surface area contributed by atoms with Crippen LogP contribution in [0.1, 0.15) is 43.6 Å². The van der Waals surface area contributed by atoms with E-state index in [1.165, 1.54) is 6.07 Å². The molecule has 0 saturated carbocycles. The third kappa shape index (κ3) is 3.14. The number of carbonyl (C=O) groups excluding carboxylic acids is 1. The van der Waals surface area contributed by atoms with Gasteiger partial charge in [0.2, 0.25) is 0 Å². The minimum absolute atomic E-state index is 0. The van der Waals surface area contributed by atoms with Crippen molar-refractivity contribution in [1.82, 2.24) is 10.4 Å². The summed E-state index contributed by atoms with van der Waals surface area (Å²) in [7, 11) is 0. The normalized spacial score (nSPS) is 22.7. The summed E-state index contributed by atoms with van der Waals surface area (Å²) in [6.45, 7) is 2.91. The molecule has 1 aromatic carbocycles. The number of hydrogen-bond acceptors (Lipinski definition) is 4. The van der Waals surface area contributed by atoms with Gasteiger partial charge in [-0.3, -0.25) is 14.9 Å². The molecule has 1 unspecified atom stereocenters. The number of hydrogen-bond donors (Lipinski definition) is 2. The van der Waals surface area contributed by atoms with Crippen LogP contribution in [0.2, 0.25) is 0 Å². The maximum Gasteiger partial charge on any atom is 0.274 e. The monoisotopic (exact) mass is 312 g/mol. The highest BCUT2D eigenvalue weighted by Gasteiger charge is 2.27. The maximum absolute atomic E-state index is 14.3. The number of halogens is 1. The van der Waals surface area contributed by atoms with Crippen LogP contribution in [-0.2, 0) is 17.7 Å². The van der Waals surface area contributed by atoms with Gasteiger partial charge in [-0.25, -0.2) is 9.87 Å². The second kappa shape index (κ2) is 6.73. The minimum Gasteiger partial charge on any atom is -0.380 e. The van der Waals surface area contributed by atoms with Crippen molar-refractivity contribution in [3.05, 3.63) is 34.6 Å². The summed E-state index contributed by atoms with van der Waals surface area (Å²) >= 11 is 0. The molecule has 0 aromatic heterocycles. The Balaban J connectivity index is 0.00000144. The molecule has 1 fully saturated rings. The Morgan fingerprint density at radius 3 is 3.14 bits per heavy atom. The van der Waals surface area contributed by atoms with Crippen molar-refractivity contribution >= 4 is 5.91 Å². The first-order chi connectivity index (χ1) is 10.7. The predicted octanol–water partition coefficient (Wildman–Crippen LogP) is 2.36. The molecule has 0 aliphatic carbocycles. The van der Waals surface area contributed by atoms with Gasteiger partial charge in [-0.2, -0.15) is 0 Å². The third-order valence-electron chi connectivity index (χ3n) is 4.58. The van der Waals surface area contributed by atoms with Crippen LogP contribution in [0.25, 0.3) is 0 Å². The molecule has 2 aliphatic rings. The van der Waals surface area contributed by atoms with Crippen LogP contribution < -0.4 is 5.48 Å². The van der Waals surface area contributed by atoms with Crippen molar-refractivity contribution in [3.63, 3.8) is 0 Å². The molecule has 1 atom stereocenters. The highest BCUT2D eigenvalue weighted by molar-refractivity contribution is 5.93. The first-order valence-electron chi connectivity index (χ1n) is 7.76. The summed E-state index contributed by atoms with van der Waals surface area (Å²) in [6.07, 6.45) is 4.03. The number of hydroxylamine groups is 1. The van der Waals surface area contributed by atoms with Crippen LogP contribution in [0.15, 0.2) is 12.1 Å². The van der Waals surface area contributed by atoms with E-state index >= 15 is 0 Å². The van der Waals surface area contributed by atoms with Crippen molar-refractivity contribution in [2.45, 2.75) is 38.3 Å². The van der Waals surface area contributed by atoms with Gasteiger partial charge < -0.3 is 4.74 Å². The van der Waals surface area contributed by atoms with E-state index in [4.69, 9.17) is 9.94 Å². The van der Waals surface area contributed by atoms with E-state index in [-0.39, 0.29) is 14.2 Å². The first kappa shape index (κ1) is 15.4. The van der Waals surface area contributed by atoms with Crippen LogP contribution in [0.4, 0.5) is 4.39 Å². The fraction of sp³-hybridized carbons (Fsp3) is 0.562. The summed E-state index contributed by atoms with van der Waals surface area (Å²) in [6, 6.07) is 3.21. The third-order valence-corrected chi connectivity index (χ3v) is 4.58. The zero-order chi connectivity index (χ0) is 15.5. The van der Waals surface area contributed by atoms with Crippen molar-refractivity contribution in [1.29, 1.82) is 0 Å². The summed E-state index contributed by atoms with van der Waals surface area (Å²) in [5, 5.41) is 8.68. The van der Waals surface area contributed by atoms with Gasteiger partial charge in [0, 0.05) is 39.7 Å². The molecule has 2 N–H and O–H groups in total. The Morgan fingerprint density at radius 1 is 1.45 bits per heavy atom. The molecule has 124 valence electrons.